The molecule has 3 N–H and O–H groups in total. The molecule has 0 heterocycles. The van der Waals surface area contributed by atoms with Crippen LogP contribution in [-0.4, -0.2) is 5.91 Å². The van der Waals surface area contributed by atoms with Gasteiger partial charge in [0.25, 0.3) is 0 Å². The monoisotopic (exact) mass is 322 g/mol. The molecule has 0 aliphatic heterocycles. The first-order chi connectivity index (χ1) is 9.99. The van der Waals surface area contributed by atoms with E-state index in [1.807, 2.05) is 30.3 Å². The fraction of sp³-hybridized carbons (Fsp3) is 0.188. The first kappa shape index (κ1) is 15.8. The topological polar surface area (TPSA) is 55.1 Å². The van der Waals surface area contributed by atoms with E-state index in [9.17, 15) is 4.79 Å². The smallest absolute Gasteiger partial charge is 0.229 e. The summed E-state index contributed by atoms with van der Waals surface area (Å²) in [6, 6.07) is 14.0. The van der Waals surface area contributed by atoms with Crippen molar-refractivity contribution in [3.8, 4) is 0 Å². The largest absolute Gasteiger partial charge is 0.324 e. The van der Waals surface area contributed by atoms with Crippen molar-refractivity contribution in [2.75, 3.05) is 5.32 Å². The molecule has 0 aliphatic rings. The molecule has 2 aromatic rings. The predicted octanol–water partition coefficient (Wildman–Crippen LogP) is 4.27. The van der Waals surface area contributed by atoms with Crippen LogP contribution in [0.3, 0.4) is 0 Å². The van der Waals surface area contributed by atoms with Gasteiger partial charge in [0.05, 0.1) is 16.6 Å². The molecule has 0 saturated heterocycles. The number of rotatable bonds is 4. The van der Waals surface area contributed by atoms with Crippen molar-refractivity contribution in [1.82, 2.24) is 0 Å². The molecule has 21 heavy (non-hydrogen) atoms. The van der Waals surface area contributed by atoms with Crippen LogP contribution in [-0.2, 0) is 4.79 Å². The van der Waals surface area contributed by atoms with Gasteiger partial charge >= 0.3 is 0 Å². The second kappa shape index (κ2) is 6.94. The van der Waals surface area contributed by atoms with E-state index in [2.05, 4.69) is 5.32 Å². The number of benzene rings is 2. The Morgan fingerprint density at radius 2 is 1.81 bits per heavy atom. The number of hydrogen-bond acceptors (Lipinski definition) is 2. The minimum atomic E-state index is -0.401. The van der Waals surface area contributed by atoms with Crippen LogP contribution in [0.1, 0.15) is 18.5 Å². The van der Waals surface area contributed by atoms with E-state index in [0.717, 1.165) is 5.56 Å². The standard InChI is InChI=1S/C16H16Cl2N2O/c1-10(15(19)11-5-3-2-4-6-11)16(21)20-14-9-12(17)7-8-13(14)18/h2-10,15H,19H2,1H3,(H,20,21). The predicted molar refractivity (Wildman–Crippen MR) is 87.6 cm³/mol. The summed E-state index contributed by atoms with van der Waals surface area (Å²) in [6.07, 6.45) is 0. The number of amides is 1. The molecule has 0 saturated carbocycles. The van der Waals surface area contributed by atoms with Crippen LogP contribution in [0.2, 0.25) is 10.0 Å². The fourth-order valence-corrected chi connectivity index (χ4v) is 2.30. The maximum absolute atomic E-state index is 12.3. The Bertz CT molecular complexity index is 631. The molecule has 2 unspecified atom stereocenters. The Morgan fingerprint density at radius 1 is 1.14 bits per heavy atom. The summed E-state index contributed by atoms with van der Waals surface area (Å²) >= 11 is 11.9. The summed E-state index contributed by atoms with van der Waals surface area (Å²) in [4.78, 5) is 12.3. The minimum Gasteiger partial charge on any atom is -0.324 e. The molecule has 5 heteroatoms. The molecule has 2 aromatic carbocycles. The number of nitrogens with two attached hydrogens (primary N) is 1. The number of hydrogen-bond donors (Lipinski definition) is 2. The summed E-state index contributed by atoms with van der Waals surface area (Å²) in [5, 5.41) is 3.71. The lowest BCUT2D eigenvalue weighted by molar-refractivity contribution is -0.120. The lowest BCUT2D eigenvalue weighted by Gasteiger charge is -2.20. The van der Waals surface area contributed by atoms with Gasteiger partial charge in [-0.3, -0.25) is 4.79 Å². The molecule has 2 rings (SSSR count). The molecule has 0 spiro atoms. The zero-order valence-electron chi connectivity index (χ0n) is 11.5. The molecule has 1 amide bonds. The van der Waals surface area contributed by atoms with Gasteiger partial charge in [-0.05, 0) is 23.8 Å². The number of carbonyl (C=O) groups is 1. The third-order valence-corrected chi connectivity index (χ3v) is 3.89. The SMILES string of the molecule is CC(C(=O)Nc1cc(Cl)ccc1Cl)C(N)c1ccccc1. The van der Waals surface area contributed by atoms with E-state index < -0.39 is 5.92 Å². The maximum Gasteiger partial charge on any atom is 0.229 e. The fourth-order valence-electron chi connectivity index (χ4n) is 1.97. The zero-order chi connectivity index (χ0) is 15.4. The normalized spacial score (nSPS) is 13.5. The summed E-state index contributed by atoms with van der Waals surface area (Å²) in [7, 11) is 0. The molecule has 0 aliphatic carbocycles. The minimum absolute atomic E-state index is 0.199. The van der Waals surface area contributed by atoms with Crippen LogP contribution in [0.4, 0.5) is 5.69 Å². The highest BCUT2D eigenvalue weighted by Gasteiger charge is 2.22. The average molecular weight is 323 g/mol. The lowest BCUT2D eigenvalue weighted by Crippen LogP contribution is -2.30. The van der Waals surface area contributed by atoms with Crippen LogP contribution < -0.4 is 11.1 Å². The Kier molecular flexibility index (Phi) is 5.23. The Hall–Kier alpha value is -1.55. The van der Waals surface area contributed by atoms with Crippen LogP contribution in [0.25, 0.3) is 0 Å². The Balaban J connectivity index is 2.11. The van der Waals surface area contributed by atoms with Gasteiger partial charge in [0.15, 0.2) is 0 Å². The number of nitrogens with one attached hydrogen (secondary N) is 1. The number of carbonyl (C=O) groups excluding carboxylic acids is 1. The quantitative estimate of drug-likeness (QED) is 0.883. The van der Waals surface area contributed by atoms with Gasteiger partial charge in [0, 0.05) is 11.1 Å². The molecule has 110 valence electrons. The summed E-state index contributed by atoms with van der Waals surface area (Å²) in [5.74, 6) is -0.599. The van der Waals surface area contributed by atoms with Crippen molar-refractivity contribution in [3.05, 3.63) is 64.1 Å². The van der Waals surface area contributed by atoms with Gasteiger partial charge in [0.2, 0.25) is 5.91 Å². The van der Waals surface area contributed by atoms with Crippen LogP contribution >= 0.6 is 23.2 Å². The summed E-state index contributed by atoms with van der Waals surface area (Å²) in [6.45, 7) is 1.78. The van der Waals surface area contributed by atoms with E-state index in [1.54, 1.807) is 25.1 Å². The zero-order valence-corrected chi connectivity index (χ0v) is 13.0. The van der Waals surface area contributed by atoms with Gasteiger partial charge < -0.3 is 11.1 Å². The molecule has 0 aromatic heterocycles. The van der Waals surface area contributed by atoms with Crippen molar-refractivity contribution < 1.29 is 4.79 Å². The van der Waals surface area contributed by atoms with Crippen molar-refractivity contribution in [2.45, 2.75) is 13.0 Å². The number of halogens is 2. The van der Waals surface area contributed by atoms with Crippen molar-refractivity contribution in [3.63, 3.8) is 0 Å². The van der Waals surface area contributed by atoms with E-state index >= 15 is 0 Å². The molecular formula is C16H16Cl2N2O. The van der Waals surface area contributed by atoms with Crippen molar-refractivity contribution in [2.24, 2.45) is 11.7 Å². The van der Waals surface area contributed by atoms with Crippen LogP contribution in [0, 0.1) is 5.92 Å². The molecule has 0 radical (unpaired) electrons. The molecular weight excluding hydrogens is 307 g/mol. The number of anilines is 1. The molecule has 3 nitrogen and oxygen atoms in total. The third kappa shape index (κ3) is 3.97. The lowest BCUT2D eigenvalue weighted by atomic mass is 9.94. The molecule has 2 atom stereocenters. The van der Waals surface area contributed by atoms with Crippen molar-refractivity contribution >= 4 is 34.8 Å². The van der Waals surface area contributed by atoms with Crippen LogP contribution in [0.15, 0.2) is 48.5 Å². The van der Waals surface area contributed by atoms with Crippen LogP contribution in [0.5, 0.6) is 0 Å². The van der Waals surface area contributed by atoms with Gasteiger partial charge in [-0.15, -0.1) is 0 Å². The highest BCUT2D eigenvalue weighted by molar-refractivity contribution is 6.35. The Labute approximate surface area is 134 Å². The van der Waals surface area contributed by atoms with E-state index in [0.29, 0.717) is 15.7 Å². The summed E-state index contributed by atoms with van der Waals surface area (Å²) in [5.41, 5.74) is 7.54. The van der Waals surface area contributed by atoms with E-state index in [1.165, 1.54) is 0 Å². The second-order valence-corrected chi connectivity index (χ2v) is 5.68. The van der Waals surface area contributed by atoms with Crippen molar-refractivity contribution in [1.29, 1.82) is 0 Å². The second-order valence-electron chi connectivity index (χ2n) is 4.84. The van der Waals surface area contributed by atoms with Gasteiger partial charge in [-0.25, -0.2) is 0 Å². The van der Waals surface area contributed by atoms with E-state index in [-0.39, 0.29) is 11.9 Å². The Morgan fingerprint density at radius 3 is 2.48 bits per heavy atom. The maximum atomic E-state index is 12.3. The molecule has 0 fully saturated rings. The van der Waals surface area contributed by atoms with Gasteiger partial charge in [-0.2, -0.15) is 0 Å². The first-order valence-electron chi connectivity index (χ1n) is 6.55. The highest BCUT2D eigenvalue weighted by atomic mass is 35.5. The highest BCUT2D eigenvalue weighted by Crippen LogP contribution is 2.27. The van der Waals surface area contributed by atoms with Gasteiger partial charge in [-0.1, -0.05) is 60.5 Å². The average Bonchev–Trinajstić information content (AvgIpc) is 2.50. The van der Waals surface area contributed by atoms with E-state index in [4.69, 9.17) is 28.9 Å². The first-order valence-corrected chi connectivity index (χ1v) is 7.31. The third-order valence-electron chi connectivity index (χ3n) is 3.32. The summed E-state index contributed by atoms with van der Waals surface area (Å²) < 4.78 is 0. The van der Waals surface area contributed by atoms with Gasteiger partial charge in [0.1, 0.15) is 0 Å². The molecule has 0 bridgehead atoms.